The van der Waals surface area contributed by atoms with Crippen molar-refractivity contribution in [1.82, 2.24) is 15.5 Å². The highest BCUT2D eigenvalue weighted by Gasteiger charge is 2.17. The first kappa shape index (κ1) is 19.4. The molecule has 0 radical (unpaired) electrons. The van der Waals surface area contributed by atoms with Crippen LogP contribution in [0.3, 0.4) is 0 Å². The van der Waals surface area contributed by atoms with Gasteiger partial charge in [-0.15, -0.1) is 0 Å². The summed E-state index contributed by atoms with van der Waals surface area (Å²) in [6.07, 6.45) is 6.05. The highest BCUT2D eigenvalue weighted by molar-refractivity contribution is 5.94. The molecule has 1 aromatic rings. The van der Waals surface area contributed by atoms with Gasteiger partial charge in [0.25, 0.3) is 5.91 Å². The van der Waals surface area contributed by atoms with Gasteiger partial charge in [0, 0.05) is 37.7 Å². The molecule has 2 rings (SSSR count). The molecule has 1 aliphatic heterocycles. The van der Waals surface area contributed by atoms with Gasteiger partial charge >= 0.3 is 0 Å². The lowest BCUT2D eigenvalue weighted by Crippen LogP contribution is -2.39. The first-order valence-corrected chi connectivity index (χ1v) is 9.51. The number of hydrogen-bond acceptors (Lipinski definition) is 3. The molecule has 1 aromatic carbocycles. The number of benzene rings is 1. The Bertz CT molecular complexity index is 533. The fourth-order valence-corrected chi connectivity index (χ4v) is 3.23. The van der Waals surface area contributed by atoms with Crippen molar-refractivity contribution in [1.29, 1.82) is 0 Å². The Morgan fingerprint density at radius 2 is 1.84 bits per heavy atom. The number of amides is 2. The fraction of sp³-hybridized carbons (Fsp3) is 0.600. The highest BCUT2D eigenvalue weighted by Crippen LogP contribution is 2.16. The third kappa shape index (κ3) is 7.26. The summed E-state index contributed by atoms with van der Waals surface area (Å²) in [5, 5.41) is 5.82. The number of carbonyl (C=O) groups excluding carboxylic acids is 2. The van der Waals surface area contributed by atoms with Crippen molar-refractivity contribution in [2.75, 3.05) is 26.2 Å². The van der Waals surface area contributed by atoms with Crippen molar-refractivity contribution in [3.05, 3.63) is 35.9 Å². The van der Waals surface area contributed by atoms with Crippen molar-refractivity contribution in [3.63, 3.8) is 0 Å². The van der Waals surface area contributed by atoms with Gasteiger partial charge in [-0.1, -0.05) is 24.6 Å². The SMILES string of the molecule is CC1CCCCN1CCCNC(=O)CCCNC(=O)c1ccccc1. The van der Waals surface area contributed by atoms with E-state index in [4.69, 9.17) is 0 Å². The normalized spacial score (nSPS) is 17.9. The zero-order chi connectivity index (χ0) is 17.9. The second kappa shape index (κ2) is 10.9. The smallest absolute Gasteiger partial charge is 0.251 e. The Balaban J connectivity index is 1.49. The molecule has 1 aliphatic rings. The van der Waals surface area contributed by atoms with Gasteiger partial charge in [-0.2, -0.15) is 0 Å². The second-order valence-corrected chi connectivity index (χ2v) is 6.81. The minimum atomic E-state index is -0.0864. The molecule has 0 aromatic heterocycles. The summed E-state index contributed by atoms with van der Waals surface area (Å²) in [6, 6.07) is 9.81. The lowest BCUT2D eigenvalue weighted by Gasteiger charge is -2.33. The lowest BCUT2D eigenvalue weighted by atomic mass is 10.0. The summed E-state index contributed by atoms with van der Waals surface area (Å²) in [7, 11) is 0. The zero-order valence-corrected chi connectivity index (χ0v) is 15.3. The maximum atomic E-state index is 11.9. The molecule has 138 valence electrons. The molecule has 25 heavy (non-hydrogen) atoms. The third-order valence-electron chi connectivity index (χ3n) is 4.79. The van der Waals surface area contributed by atoms with E-state index in [-0.39, 0.29) is 11.8 Å². The average Bonchev–Trinajstić information content (AvgIpc) is 2.64. The maximum Gasteiger partial charge on any atom is 0.251 e. The Labute approximate surface area is 151 Å². The fourth-order valence-electron chi connectivity index (χ4n) is 3.23. The van der Waals surface area contributed by atoms with Crippen LogP contribution in [-0.4, -0.2) is 48.9 Å². The van der Waals surface area contributed by atoms with Crippen molar-refractivity contribution in [3.8, 4) is 0 Å². The van der Waals surface area contributed by atoms with Crippen LogP contribution in [0, 0.1) is 0 Å². The largest absolute Gasteiger partial charge is 0.356 e. The Morgan fingerprint density at radius 1 is 1.08 bits per heavy atom. The number of rotatable bonds is 9. The van der Waals surface area contributed by atoms with Crippen LogP contribution in [0.25, 0.3) is 0 Å². The Hall–Kier alpha value is -1.88. The summed E-state index contributed by atoms with van der Waals surface area (Å²) in [5.41, 5.74) is 0.652. The molecule has 0 aliphatic carbocycles. The van der Waals surface area contributed by atoms with Crippen LogP contribution in [0.5, 0.6) is 0 Å². The molecule has 5 nitrogen and oxygen atoms in total. The molecule has 2 N–H and O–H groups in total. The van der Waals surface area contributed by atoms with Gasteiger partial charge in [-0.25, -0.2) is 0 Å². The number of hydrogen-bond donors (Lipinski definition) is 2. The summed E-state index contributed by atoms with van der Waals surface area (Å²) in [5.74, 6) is -0.0164. The van der Waals surface area contributed by atoms with E-state index in [0.29, 0.717) is 31.0 Å². The monoisotopic (exact) mass is 345 g/mol. The van der Waals surface area contributed by atoms with Gasteiger partial charge in [-0.05, 0) is 51.3 Å². The average molecular weight is 345 g/mol. The molecule has 5 heteroatoms. The molecule has 1 unspecified atom stereocenters. The van der Waals surface area contributed by atoms with E-state index >= 15 is 0 Å². The predicted octanol–water partition coefficient (Wildman–Crippen LogP) is 2.58. The minimum Gasteiger partial charge on any atom is -0.356 e. The number of nitrogens with one attached hydrogen (secondary N) is 2. The predicted molar refractivity (Wildman–Crippen MR) is 101 cm³/mol. The summed E-state index contributed by atoms with van der Waals surface area (Å²) in [6.45, 7) is 5.80. The van der Waals surface area contributed by atoms with Crippen LogP contribution < -0.4 is 10.6 Å². The summed E-state index contributed by atoms with van der Waals surface area (Å²) < 4.78 is 0. The molecule has 1 heterocycles. The molecular weight excluding hydrogens is 314 g/mol. The van der Waals surface area contributed by atoms with Crippen LogP contribution >= 0.6 is 0 Å². The van der Waals surface area contributed by atoms with Gasteiger partial charge in [0.2, 0.25) is 5.91 Å². The molecule has 1 saturated heterocycles. The van der Waals surface area contributed by atoms with E-state index < -0.39 is 0 Å². The molecule has 1 atom stereocenters. The maximum absolute atomic E-state index is 11.9. The number of nitrogens with zero attached hydrogens (tertiary/aromatic N) is 1. The standard InChI is InChI=1S/C20H31N3O2/c1-17-9-5-6-15-23(17)16-8-14-21-19(24)12-7-13-22-20(25)18-10-3-2-4-11-18/h2-4,10-11,17H,5-9,12-16H2,1H3,(H,21,24)(H,22,25). The van der Waals surface area contributed by atoms with Crippen molar-refractivity contribution in [2.45, 2.75) is 51.5 Å². The number of piperidine rings is 1. The van der Waals surface area contributed by atoms with Gasteiger partial charge in [0.1, 0.15) is 0 Å². The molecule has 0 saturated carbocycles. The van der Waals surface area contributed by atoms with Gasteiger partial charge in [-0.3, -0.25) is 9.59 Å². The molecular formula is C20H31N3O2. The Morgan fingerprint density at radius 3 is 2.60 bits per heavy atom. The van der Waals surface area contributed by atoms with E-state index in [2.05, 4.69) is 22.5 Å². The summed E-state index contributed by atoms with van der Waals surface area (Å²) >= 11 is 0. The quantitative estimate of drug-likeness (QED) is 0.676. The molecule has 0 bridgehead atoms. The Kier molecular flexibility index (Phi) is 8.46. The zero-order valence-electron chi connectivity index (χ0n) is 15.3. The van der Waals surface area contributed by atoms with E-state index in [0.717, 1.165) is 19.5 Å². The first-order valence-electron chi connectivity index (χ1n) is 9.51. The van der Waals surface area contributed by atoms with E-state index in [1.165, 1.54) is 25.8 Å². The topological polar surface area (TPSA) is 61.4 Å². The second-order valence-electron chi connectivity index (χ2n) is 6.81. The summed E-state index contributed by atoms with van der Waals surface area (Å²) in [4.78, 5) is 26.2. The molecule has 2 amide bonds. The van der Waals surface area contributed by atoms with Crippen LogP contribution in [0.15, 0.2) is 30.3 Å². The van der Waals surface area contributed by atoms with Crippen molar-refractivity contribution >= 4 is 11.8 Å². The number of carbonyl (C=O) groups is 2. The molecule has 0 spiro atoms. The van der Waals surface area contributed by atoms with Crippen LogP contribution in [0.4, 0.5) is 0 Å². The number of likely N-dealkylation sites (tertiary alicyclic amines) is 1. The third-order valence-corrected chi connectivity index (χ3v) is 4.79. The van der Waals surface area contributed by atoms with E-state index in [1.54, 1.807) is 12.1 Å². The highest BCUT2D eigenvalue weighted by atomic mass is 16.2. The van der Waals surface area contributed by atoms with E-state index in [9.17, 15) is 9.59 Å². The van der Waals surface area contributed by atoms with Crippen LogP contribution in [0.2, 0.25) is 0 Å². The van der Waals surface area contributed by atoms with Gasteiger partial charge < -0.3 is 15.5 Å². The molecule has 1 fully saturated rings. The van der Waals surface area contributed by atoms with Gasteiger partial charge in [0.15, 0.2) is 0 Å². The minimum absolute atomic E-state index is 0.0700. The lowest BCUT2D eigenvalue weighted by molar-refractivity contribution is -0.121. The first-order chi connectivity index (χ1) is 12.2. The van der Waals surface area contributed by atoms with Crippen LogP contribution in [-0.2, 0) is 4.79 Å². The van der Waals surface area contributed by atoms with E-state index in [1.807, 2.05) is 18.2 Å². The van der Waals surface area contributed by atoms with Crippen molar-refractivity contribution < 1.29 is 9.59 Å². The van der Waals surface area contributed by atoms with Crippen LogP contribution in [0.1, 0.15) is 55.8 Å². The van der Waals surface area contributed by atoms with Gasteiger partial charge in [0.05, 0.1) is 0 Å². The van der Waals surface area contributed by atoms with Crippen molar-refractivity contribution in [2.24, 2.45) is 0 Å².